The molecule has 0 atom stereocenters. The number of carbonyl (C=O) groups is 1. The highest BCUT2D eigenvalue weighted by Crippen LogP contribution is 2.20. The molecule has 0 heterocycles. The Balaban J connectivity index is 2.38. The third kappa shape index (κ3) is 2.74. The molecule has 0 saturated carbocycles. The zero-order valence-corrected chi connectivity index (χ0v) is 12.8. The molecule has 0 aliphatic carbocycles. The fourth-order valence-corrected chi connectivity index (χ4v) is 2.27. The predicted molar refractivity (Wildman–Crippen MR) is 84.9 cm³/mol. The van der Waals surface area contributed by atoms with Crippen LogP contribution in [-0.4, -0.2) is 19.9 Å². The van der Waals surface area contributed by atoms with Gasteiger partial charge in [-0.05, 0) is 67.8 Å². The lowest BCUT2D eigenvalue weighted by Crippen LogP contribution is -2.09. The highest BCUT2D eigenvalue weighted by molar-refractivity contribution is 6.10. The number of hydrogen-bond donors (Lipinski definition) is 0. The van der Waals surface area contributed by atoms with Crippen molar-refractivity contribution in [3.05, 3.63) is 64.2 Å². The van der Waals surface area contributed by atoms with E-state index in [4.69, 9.17) is 0 Å². The summed E-state index contributed by atoms with van der Waals surface area (Å²) in [5, 5.41) is 0. The van der Waals surface area contributed by atoms with E-state index in [1.54, 1.807) is 0 Å². The van der Waals surface area contributed by atoms with Gasteiger partial charge in [-0.3, -0.25) is 4.79 Å². The van der Waals surface area contributed by atoms with Crippen molar-refractivity contribution in [1.29, 1.82) is 0 Å². The van der Waals surface area contributed by atoms with E-state index >= 15 is 0 Å². The van der Waals surface area contributed by atoms with Crippen LogP contribution in [-0.2, 0) is 0 Å². The first kappa shape index (κ1) is 14.3. The number of nitrogens with zero attached hydrogens (tertiary/aromatic N) is 1. The Morgan fingerprint density at radius 2 is 1.40 bits per heavy atom. The minimum absolute atomic E-state index is 0.0934. The van der Waals surface area contributed by atoms with Crippen LogP contribution in [0.25, 0.3) is 0 Å². The molecule has 0 bridgehead atoms. The topological polar surface area (TPSA) is 20.3 Å². The van der Waals surface area contributed by atoms with Gasteiger partial charge in [-0.2, -0.15) is 0 Å². The van der Waals surface area contributed by atoms with Crippen molar-refractivity contribution in [1.82, 2.24) is 0 Å². The molecular formula is C18H21NO. The fourth-order valence-electron chi connectivity index (χ4n) is 2.27. The standard InChI is InChI=1S/C18H21NO/c1-12-10-14(3)17(11-13(12)2)18(20)15-6-8-16(9-7-15)19(4)5/h6-11H,1-5H3. The van der Waals surface area contributed by atoms with Gasteiger partial charge in [0.2, 0.25) is 0 Å². The maximum Gasteiger partial charge on any atom is 0.193 e. The highest BCUT2D eigenvalue weighted by atomic mass is 16.1. The Hall–Kier alpha value is -2.09. The van der Waals surface area contributed by atoms with E-state index in [9.17, 15) is 4.79 Å². The Labute approximate surface area is 121 Å². The van der Waals surface area contributed by atoms with Crippen LogP contribution < -0.4 is 4.90 Å². The highest BCUT2D eigenvalue weighted by Gasteiger charge is 2.13. The summed E-state index contributed by atoms with van der Waals surface area (Å²) in [5.41, 5.74) is 6.05. The van der Waals surface area contributed by atoms with Crippen LogP contribution in [0.5, 0.6) is 0 Å². The van der Waals surface area contributed by atoms with Crippen LogP contribution in [0.4, 0.5) is 5.69 Å². The lowest BCUT2D eigenvalue weighted by Gasteiger charge is -2.13. The first-order valence-corrected chi connectivity index (χ1v) is 6.80. The second-order valence-corrected chi connectivity index (χ2v) is 5.52. The van der Waals surface area contributed by atoms with Crippen LogP contribution >= 0.6 is 0 Å². The van der Waals surface area contributed by atoms with Crippen LogP contribution in [0.2, 0.25) is 0 Å². The summed E-state index contributed by atoms with van der Waals surface area (Å²) in [6.45, 7) is 6.11. The molecule has 0 aromatic heterocycles. The Bertz CT molecular complexity index is 639. The zero-order valence-electron chi connectivity index (χ0n) is 12.8. The van der Waals surface area contributed by atoms with Gasteiger partial charge in [0.25, 0.3) is 0 Å². The molecule has 0 aliphatic heterocycles. The number of carbonyl (C=O) groups excluding carboxylic acids is 1. The average molecular weight is 267 g/mol. The summed E-state index contributed by atoms with van der Waals surface area (Å²) < 4.78 is 0. The fraction of sp³-hybridized carbons (Fsp3) is 0.278. The zero-order chi connectivity index (χ0) is 14.9. The predicted octanol–water partition coefficient (Wildman–Crippen LogP) is 3.91. The van der Waals surface area contributed by atoms with Crippen molar-refractivity contribution < 1.29 is 4.79 Å². The van der Waals surface area contributed by atoms with Crippen LogP contribution in [0.3, 0.4) is 0 Å². The summed E-state index contributed by atoms with van der Waals surface area (Å²) in [6, 6.07) is 11.8. The molecule has 0 saturated heterocycles. The molecule has 20 heavy (non-hydrogen) atoms. The third-order valence-electron chi connectivity index (χ3n) is 3.73. The van der Waals surface area contributed by atoms with Gasteiger partial charge in [-0.25, -0.2) is 0 Å². The number of rotatable bonds is 3. The molecule has 0 amide bonds. The first-order valence-electron chi connectivity index (χ1n) is 6.80. The summed E-state index contributed by atoms with van der Waals surface area (Å²) in [6.07, 6.45) is 0. The minimum atomic E-state index is 0.0934. The van der Waals surface area contributed by atoms with E-state index in [-0.39, 0.29) is 5.78 Å². The normalized spacial score (nSPS) is 10.4. The van der Waals surface area contributed by atoms with Gasteiger partial charge in [0.1, 0.15) is 0 Å². The number of aryl methyl sites for hydroxylation is 3. The summed E-state index contributed by atoms with van der Waals surface area (Å²) in [7, 11) is 3.98. The van der Waals surface area contributed by atoms with Crippen molar-refractivity contribution in [3.63, 3.8) is 0 Å². The SMILES string of the molecule is Cc1cc(C)c(C(=O)c2ccc(N(C)C)cc2)cc1C. The first-order chi connectivity index (χ1) is 9.40. The van der Waals surface area contributed by atoms with Gasteiger partial charge in [0.05, 0.1) is 0 Å². The van der Waals surface area contributed by atoms with E-state index in [0.717, 1.165) is 27.9 Å². The van der Waals surface area contributed by atoms with Crippen molar-refractivity contribution in [2.45, 2.75) is 20.8 Å². The van der Waals surface area contributed by atoms with Gasteiger partial charge < -0.3 is 4.90 Å². The second-order valence-electron chi connectivity index (χ2n) is 5.52. The monoisotopic (exact) mass is 267 g/mol. The summed E-state index contributed by atoms with van der Waals surface area (Å²) in [5.74, 6) is 0.0934. The van der Waals surface area contributed by atoms with Gasteiger partial charge in [0, 0.05) is 30.9 Å². The smallest absolute Gasteiger partial charge is 0.193 e. The van der Waals surface area contributed by atoms with E-state index in [1.807, 2.05) is 63.2 Å². The molecule has 2 aromatic carbocycles. The van der Waals surface area contributed by atoms with E-state index < -0.39 is 0 Å². The molecule has 0 spiro atoms. The van der Waals surface area contributed by atoms with E-state index in [2.05, 4.69) is 13.0 Å². The molecule has 2 heteroatoms. The molecular weight excluding hydrogens is 246 g/mol. The molecule has 2 aromatic rings. The average Bonchev–Trinajstić information content (AvgIpc) is 2.42. The summed E-state index contributed by atoms with van der Waals surface area (Å²) >= 11 is 0. The number of benzene rings is 2. The van der Waals surface area contributed by atoms with Crippen LogP contribution in [0.15, 0.2) is 36.4 Å². The molecule has 0 N–H and O–H groups in total. The van der Waals surface area contributed by atoms with Gasteiger partial charge in [-0.15, -0.1) is 0 Å². The Morgan fingerprint density at radius 3 is 1.95 bits per heavy atom. The maximum atomic E-state index is 12.6. The van der Waals surface area contributed by atoms with E-state index in [0.29, 0.717) is 0 Å². The molecule has 0 fully saturated rings. The largest absolute Gasteiger partial charge is 0.378 e. The molecule has 2 rings (SSSR count). The molecule has 0 aliphatic rings. The Kier molecular flexibility index (Phi) is 3.93. The molecule has 0 unspecified atom stereocenters. The minimum Gasteiger partial charge on any atom is -0.378 e. The summed E-state index contributed by atoms with van der Waals surface area (Å²) in [4.78, 5) is 14.6. The molecule has 104 valence electrons. The number of anilines is 1. The maximum absolute atomic E-state index is 12.6. The van der Waals surface area contributed by atoms with Crippen molar-refractivity contribution in [2.75, 3.05) is 19.0 Å². The lowest BCUT2D eigenvalue weighted by atomic mass is 9.95. The van der Waals surface area contributed by atoms with Gasteiger partial charge in [0.15, 0.2) is 5.78 Å². The lowest BCUT2D eigenvalue weighted by molar-refractivity contribution is 0.103. The molecule has 0 radical (unpaired) electrons. The van der Waals surface area contributed by atoms with E-state index in [1.165, 1.54) is 5.56 Å². The number of hydrogen-bond acceptors (Lipinski definition) is 2. The van der Waals surface area contributed by atoms with Crippen molar-refractivity contribution in [3.8, 4) is 0 Å². The van der Waals surface area contributed by atoms with Gasteiger partial charge in [-0.1, -0.05) is 6.07 Å². The molecule has 2 nitrogen and oxygen atoms in total. The van der Waals surface area contributed by atoms with Crippen LogP contribution in [0, 0.1) is 20.8 Å². The Morgan fingerprint density at radius 1 is 0.850 bits per heavy atom. The third-order valence-corrected chi connectivity index (χ3v) is 3.73. The van der Waals surface area contributed by atoms with Crippen LogP contribution in [0.1, 0.15) is 32.6 Å². The van der Waals surface area contributed by atoms with Gasteiger partial charge >= 0.3 is 0 Å². The number of ketones is 1. The van der Waals surface area contributed by atoms with Crippen molar-refractivity contribution >= 4 is 11.5 Å². The van der Waals surface area contributed by atoms with Crippen molar-refractivity contribution in [2.24, 2.45) is 0 Å². The quantitative estimate of drug-likeness (QED) is 0.786. The second kappa shape index (κ2) is 5.49.